The van der Waals surface area contributed by atoms with E-state index >= 15 is 0 Å². The number of nitrogens with one attached hydrogen (secondary N) is 1. The molecular weight excluding hydrogens is 387 g/mol. The van der Waals surface area contributed by atoms with E-state index in [1.807, 2.05) is 24.3 Å². The highest BCUT2D eigenvalue weighted by atomic mass is 19.1. The lowest BCUT2D eigenvalue weighted by atomic mass is 10.1. The second kappa shape index (κ2) is 9.13. The van der Waals surface area contributed by atoms with Crippen molar-refractivity contribution in [2.45, 2.75) is 12.8 Å². The molecule has 4 rings (SSSR count). The van der Waals surface area contributed by atoms with Crippen LogP contribution in [0.25, 0.3) is 0 Å². The number of hydrogen-bond donors (Lipinski definition) is 2. The molecule has 2 aliphatic heterocycles. The zero-order valence-corrected chi connectivity index (χ0v) is 16.7. The normalized spacial score (nSPS) is 17.0. The maximum Gasteiger partial charge on any atom is 0.255 e. The molecule has 2 fully saturated rings. The highest BCUT2D eigenvalue weighted by Crippen LogP contribution is 2.24. The van der Waals surface area contributed by atoms with Gasteiger partial charge in [0, 0.05) is 35.6 Å². The van der Waals surface area contributed by atoms with Crippen LogP contribution in [-0.2, 0) is 4.74 Å². The van der Waals surface area contributed by atoms with Crippen LogP contribution in [0.15, 0.2) is 41.5 Å². The van der Waals surface area contributed by atoms with Crippen molar-refractivity contribution in [1.82, 2.24) is 5.01 Å². The first-order chi connectivity index (χ1) is 14.6. The van der Waals surface area contributed by atoms with Crippen molar-refractivity contribution in [2.24, 2.45) is 5.10 Å². The lowest BCUT2D eigenvalue weighted by molar-refractivity contribution is 0.0397. The summed E-state index contributed by atoms with van der Waals surface area (Å²) >= 11 is 0. The number of nitrogens with zero attached hydrogens (tertiary/aromatic N) is 3. The highest BCUT2D eigenvalue weighted by Gasteiger charge is 2.16. The fraction of sp³-hybridized carbons (Fsp3) is 0.364. The Morgan fingerprint density at radius 2 is 1.80 bits per heavy atom. The van der Waals surface area contributed by atoms with E-state index in [1.54, 1.807) is 5.01 Å². The van der Waals surface area contributed by atoms with Crippen LogP contribution in [-0.4, -0.2) is 61.6 Å². The summed E-state index contributed by atoms with van der Waals surface area (Å²) in [5.74, 6) is -1.85. The Morgan fingerprint density at radius 1 is 1.10 bits per heavy atom. The Kier molecular flexibility index (Phi) is 6.13. The van der Waals surface area contributed by atoms with Crippen molar-refractivity contribution < 1.29 is 19.0 Å². The number of carbonyl (C=O) groups excluding carboxylic acids is 1. The summed E-state index contributed by atoms with van der Waals surface area (Å²) in [6.07, 6.45) is 3.76. The topological polar surface area (TPSA) is 77.4 Å². The molecule has 2 aromatic carbocycles. The van der Waals surface area contributed by atoms with Gasteiger partial charge in [0.25, 0.3) is 5.91 Å². The third-order valence-electron chi connectivity index (χ3n) is 5.30. The van der Waals surface area contributed by atoms with E-state index in [4.69, 9.17) is 4.74 Å². The first kappa shape index (κ1) is 20.2. The summed E-state index contributed by atoms with van der Waals surface area (Å²) in [7, 11) is 0. The van der Waals surface area contributed by atoms with Gasteiger partial charge >= 0.3 is 0 Å². The summed E-state index contributed by atoms with van der Waals surface area (Å²) in [4.78, 5) is 14.9. The maximum atomic E-state index is 14.2. The van der Waals surface area contributed by atoms with E-state index in [-0.39, 0.29) is 11.1 Å². The monoisotopic (exact) mass is 412 g/mol. The molecule has 0 saturated carbocycles. The molecule has 0 bridgehead atoms. The Labute approximate surface area is 174 Å². The summed E-state index contributed by atoms with van der Waals surface area (Å²) < 4.78 is 19.5. The van der Waals surface area contributed by atoms with Gasteiger partial charge in [-0.15, -0.1) is 0 Å². The Morgan fingerprint density at radius 3 is 2.50 bits per heavy atom. The minimum Gasteiger partial charge on any atom is -0.504 e. The lowest BCUT2D eigenvalue weighted by Crippen LogP contribution is -2.32. The first-order valence-electron chi connectivity index (χ1n) is 10.2. The number of carbonyl (C=O) groups is 1. The van der Waals surface area contributed by atoms with Crippen molar-refractivity contribution in [3.8, 4) is 5.75 Å². The minimum atomic E-state index is -0.865. The number of hydrogen-bond acceptors (Lipinski definition) is 6. The molecule has 7 nitrogen and oxygen atoms in total. The van der Waals surface area contributed by atoms with Crippen molar-refractivity contribution in [3.05, 3.63) is 53.3 Å². The number of hydrazone groups is 1. The number of halogens is 1. The number of phenols is 1. The van der Waals surface area contributed by atoms with Gasteiger partial charge in [-0.1, -0.05) is 0 Å². The lowest BCUT2D eigenvalue weighted by Gasteiger charge is -2.23. The molecule has 1 amide bonds. The quantitative estimate of drug-likeness (QED) is 0.738. The molecule has 2 saturated heterocycles. The molecule has 2 aromatic rings. The standard InChI is InChI=1S/C22H25FN4O3/c23-20-14-16(13-17(21(20)28)15-24-27-9-11-30-12-10-27)22(29)25-18-3-5-19(6-4-18)26-7-1-2-8-26/h3-6,13-15,28H,1-2,7-12H2,(H,25,29). The third-order valence-corrected chi connectivity index (χ3v) is 5.30. The average molecular weight is 412 g/mol. The summed E-state index contributed by atoms with van der Waals surface area (Å²) in [5.41, 5.74) is 2.01. The number of phenolic OH excluding ortho intramolecular Hbond substituents is 1. The van der Waals surface area contributed by atoms with Gasteiger partial charge in [-0.05, 0) is 49.2 Å². The van der Waals surface area contributed by atoms with E-state index in [0.29, 0.717) is 32.0 Å². The van der Waals surface area contributed by atoms with E-state index in [9.17, 15) is 14.3 Å². The molecule has 0 unspecified atom stereocenters. The summed E-state index contributed by atoms with van der Waals surface area (Å²) in [6.45, 7) is 4.47. The van der Waals surface area contributed by atoms with Gasteiger partial charge in [0.1, 0.15) is 0 Å². The van der Waals surface area contributed by atoms with Crippen LogP contribution in [0.3, 0.4) is 0 Å². The largest absolute Gasteiger partial charge is 0.504 e. The van der Waals surface area contributed by atoms with Crippen LogP contribution in [0, 0.1) is 5.82 Å². The van der Waals surface area contributed by atoms with E-state index in [2.05, 4.69) is 15.3 Å². The molecule has 0 aliphatic carbocycles. The first-order valence-corrected chi connectivity index (χ1v) is 10.2. The zero-order chi connectivity index (χ0) is 20.9. The molecule has 158 valence electrons. The predicted octanol–water partition coefficient (Wildman–Crippen LogP) is 3.05. The molecule has 2 heterocycles. The van der Waals surface area contributed by atoms with Gasteiger partial charge in [-0.3, -0.25) is 9.80 Å². The average Bonchev–Trinajstić information content (AvgIpc) is 3.31. The van der Waals surface area contributed by atoms with E-state index in [1.165, 1.54) is 25.1 Å². The molecule has 2 N–H and O–H groups in total. The molecule has 0 aromatic heterocycles. The summed E-state index contributed by atoms with van der Waals surface area (Å²) in [5, 5.41) is 18.8. The van der Waals surface area contributed by atoms with Crippen LogP contribution < -0.4 is 10.2 Å². The summed E-state index contributed by atoms with van der Waals surface area (Å²) in [6, 6.07) is 10.1. The Bertz CT molecular complexity index is 921. The highest BCUT2D eigenvalue weighted by molar-refractivity contribution is 6.05. The van der Waals surface area contributed by atoms with Gasteiger partial charge in [0.05, 0.1) is 32.5 Å². The minimum absolute atomic E-state index is 0.109. The molecule has 30 heavy (non-hydrogen) atoms. The second-order valence-corrected chi connectivity index (χ2v) is 7.40. The van der Waals surface area contributed by atoms with Crippen LogP contribution >= 0.6 is 0 Å². The Hall–Kier alpha value is -3.13. The Balaban J connectivity index is 1.46. The van der Waals surface area contributed by atoms with Gasteiger partial charge in [-0.25, -0.2) is 4.39 Å². The van der Waals surface area contributed by atoms with Crippen LogP contribution in [0.5, 0.6) is 5.75 Å². The third kappa shape index (κ3) is 4.71. The van der Waals surface area contributed by atoms with Crippen molar-refractivity contribution >= 4 is 23.5 Å². The number of amides is 1. The van der Waals surface area contributed by atoms with Crippen molar-refractivity contribution in [1.29, 1.82) is 0 Å². The van der Waals surface area contributed by atoms with Crippen LogP contribution in [0.2, 0.25) is 0 Å². The van der Waals surface area contributed by atoms with Crippen LogP contribution in [0.1, 0.15) is 28.8 Å². The maximum absolute atomic E-state index is 14.2. The smallest absolute Gasteiger partial charge is 0.255 e. The SMILES string of the molecule is O=C(Nc1ccc(N2CCCC2)cc1)c1cc(F)c(O)c(C=NN2CCOCC2)c1. The fourth-order valence-electron chi connectivity index (χ4n) is 3.60. The van der Waals surface area contributed by atoms with Gasteiger partial charge in [0.15, 0.2) is 11.6 Å². The van der Waals surface area contributed by atoms with E-state index < -0.39 is 17.5 Å². The number of aromatic hydroxyl groups is 1. The molecule has 0 spiro atoms. The van der Waals surface area contributed by atoms with Crippen molar-refractivity contribution in [3.63, 3.8) is 0 Å². The molecule has 0 atom stereocenters. The molecule has 0 radical (unpaired) electrons. The number of benzene rings is 2. The van der Waals surface area contributed by atoms with Crippen molar-refractivity contribution in [2.75, 3.05) is 49.6 Å². The molecule has 2 aliphatic rings. The number of ether oxygens (including phenoxy) is 1. The fourth-order valence-corrected chi connectivity index (χ4v) is 3.60. The number of anilines is 2. The molecular formula is C22H25FN4O3. The number of morpholine rings is 1. The van der Waals surface area contributed by atoms with Gasteiger partial charge in [0.2, 0.25) is 0 Å². The predicted molar refractivity (Wildman–Crippen MR) is 114 cm³/mol. The zero-order valence-electron chi connectivity index (χ0n) is 16.7. The van der Waals surface area contributed by atoms with E-state index in [0.717, 1.165) is 24.8 Å². The van der Waals surface area contributed by atoms with Crippen LogP contribution in [0.4, 0.5) is 15.8 Å². The second-order valence-electron chi connectivity index (χ2n) is 7.40. The number of rotatable bonds is 5. The van der Waals surface area contributed by atoms with Gasteiger partial charge < -0.3 is 20.1 Å². The van der Waals surface area contributed by atoms with Gasteiger partial charge in [-0.2, -0.15) is 5.10 Å². The molecule has 8 heteroatoms.